The highest BCUT2D eigenvalue weighted by Gasteiger charge is 2.47. The van der Waals surface area contributed by atoms with Gasteiger partial charge in [-0.05, 0) is 13.8 Å². The molecule has 0 aromatic carbocycles. The largest absolute Gasteiger partial charge is 0.387 e. The highest BCUT2D eigenvalue weighted by molar-refractivity contribution is 5.85. The van der Waals surface area contributed by atoms with Gasteiger partial charge in [0, 0.05) is 26.3 Å². The van der Waals surface area contributed by atoms with E-state index in [9.17, 15) is 15.0 Å². The van der Waals surface area contributed by atoms with Crippen molar-refractivity contribution in [2.24, 2.45) is 7.05 Å². The van der Waals surface area contributed by atoms with E-state index in [0.29, 0.717) is 29.4 Å². The summed E-state index contributed by atoms with van der Waals surface area (Å²) in [5, 5.41) is 30.7. The van der Waals surface area contributed by atoms with Crippen molar-refractivity contribution in [1.82, 2.24) is 34.6 Å². The molecular weight excluding hydrogens is 392 g/mol. The molecule has 1 amide bonds. The third kappa shape index (κ3) is 3.09. The van der Waals surface area contributed by atoms with Crippen LogP contribution in [-0.2, 0) is 16.6 Å². The second kappa shape index (κ2) is 7.63. The van der Waals surface area contributed by atoms with Crippen molar-refractivity contribution in [2.75, 3.05) is 18.9 Å². The zero-order chi connectivity index (χ0) is 21.6. The molecule has 0 bridgehead atoms. The van der Waals surface area contributed by atoms with E-state index in [1.165, 1.54) is 10.9 Å². The van der Waals surface area contributed by atoms with Crippen molar-refractivity contribution in [3.63, 3.8) is 0 Å². The molecule has 1 aliphatic heterocycles. The summed E-state index contributed by atoms with van der Waals surface area (Å²) < 4.78 is 8.93. The summed E-state index contributed by atoms with van der Waals surface area (Å²) in [5.74, 6) is 0.422. The molecule has 0 spiro atoms. The predicted molar refractivity (Wildman–Crippen MR) is 106 cm³/mol. The quantitative estimate of drug-likeness (QED) is 0.424. The topological polar surface area (TPSA) is 152 Å². The van der Waals surface area contributed by atoms with Crippen LogP contribution >= 0.6 is 0 Å². The fraction of sp³-hybridized carbons (Fsp3) is 0.500. The second-order valence-corrected chi connectivity index (χ2v) is 7.06. The first-order valence-electron chi connectivity index (χ1n) is 9.58. The maximum Gasteiger partial charge on any atom is 0.252 e. The first kappa shape index (κ1) is 20.2. The summed E-state index contributed by atoms with van der Waals surface area (Å²) in [6.45, 7) is 4.05. The number of hydrogen-bond donors (Lipinski definition) is 4. The molecule has 12 heteroatoms. The van der Waals surface area contributed by atoms with Gasteiger partial charge in [0.1, 0.15) is 12.2 Å². The van der Waals surface area contributed by atoms with Crippen molar-refractivity contribution in [3.8, 4) is 11.4 Å². The molecule has 1 aliphatic rings. The summed E-state index contributed by atoms with van der Waals surface area (Å²) in [6, 6.07) is 0. The number of carbonyl (C=O) groups excluding carboxylic acids is 1. The Morgan fingerprint density at radius 2 is 2.07 bits per heavy atom. The highest BCUT2D eigenvalue weighted by Crippen LogP contribution is 2.33. The molecule has 4 atom stereocenters. The number of imidazole rings is 1. The van der Waals surface area contributed by atoms with Crippen LogP contribution in [0.2, 0.25) is 0 Å². The molecule has 0 saturated carbocycles. The minimum Gasteiger partial charge on any atom is -0.387 e. The lowest BCUT2D eigenvalue weighted by atomic mass is 10.1. The Balaban J connectivity index is 1.79. The fourth-order valence-corrected chi connectivity index (χ4v) is 3.50. The van der Waals surface area contributed by atoms with Crippen LogP contribution in [-0.4, -0.2) is 77.3 Å². The van der Waals surface area contributed by atoms with Crippen LogP contribution < -0.4 is 10.6 Å². The molecule has 4 heterocycles. The number of hydrogen-bond acceptors (Lipinski definition) is 9. The number of aliphatic hydroxyl groups is 2. The van der Waals surface area contributed by atoms with Crippen molar-refractivity contribution in [2.45, 2.75) is 38.4 Å². The minimum atomic E-state index is -1.38. The smallest absolute Gasteiger partial charge is 0.252 e. The molecule has 160 valence electrons. The first-order valence-corrected chi connectivity index (χ1v) is 9.58. The average Bonchev–Trinajstić information content (AvgIpc) is 3.39. The van der Waals surface area contributed by atoms with Crippen LogP contribution in [0.1, 0.15) is 18.8 Å². The van der Waals surface area contributed by atoms with Crippen molar-refractivity contribution in [3.05, 3.63) is 18.2 Å². The van der Waals surface area contributed by atoms with E-state index in [1.807, 2.05) is 14.0 Å². The number of nitrogens with one attached hydrogen (secondary N) is 2. The van der Waals surface area contributed by atoms with Gasteiger partial charge in [-0.2, -0.15) is 5.10 Å². The summed E-state index contributed by atoms with van der Waals surface area (Å²) in [4.78, 5) is 25.7. The van der Waals surface area contributed by atoms with Gasteiger partial charge in [-0.3, -0.25) is 14.0 Å². The van der Waals surface area contributed by atoms with Crippen LogP contribution in [0.5, 0.6) is 0 Å². The predicted octanol–water partition coefficient (Wildman–Crippen LogP) is -0.668. The van der Waals surface area contributed by atoms with E-state index < -0.39 is 30.4 Å². The monoisotopic (exact) mass is 416 g/mol. The Morgan fingerprint density at radius 1 is 1.30 bits per heavy atom. The first-order chi connectivity index (χ1) is 14.4. The van der Waals surface area contributed by atoms with Gasteiger partial charge in [-0.1, -0.05) is 0 Å². The minimum absolute atomic E-state index is 0.382. The van der Waals surface area contributed by atoms with Gasteiger partial charge in [0.15, 0.2) is 35.1 Å². The molecule has 30 heavy (non-hydrogen) atoms. The maximum atomic E-state index is 12.2. The summed E-state index contributed by atoms with van der Waals surface area (Å²) >= 11 is 0. The average molecular weight is 416 g/mol. The second-order valence-electron chi connectivity index (χ2n) is 7.06. The molecule has 4 N–H and O–H groups in total. The molecule has 4 rings (SSSR count). The van der Waals surface area contributed by atoms with E-state index in [4.69, 9.17) is 4.74 Å². The normalized spacial score (nSPS) is 23.8. The highest BCUT2D eigenvalue weighted by atomic mass is 16.6. The van der Waals surface area contributed by atoms with Crippen LogP contribution in [0.15, 0.2) is 12.5 Å². The van der Waals surface area contributed by atoms with Gasteiger partial charge in [-0.15, -0.1) is 0 Å². The number of nitrogens with zero attached hydrogens (tertiary/aromatic N) is 6. The number of rotatable bonds is 5. The number of anilines is 1. The lowest BCUT2D eigenvalue weighted by molar-refractivity contribution is -0.137. The zero-order valence-corrected chi connectivity index (χ0v) is 17.1. The Kier molecular flexibility index (Phi) is 5.13. The summed E-state index contributed by atoms with van der Waals surface area (Å²) in [5.41, 5.74) is 2.48. The Bertz CT molecular complexity index is 1090. The number of aromatic nitrogens is 6. The number of likely N-dealkylation sites (N-methyl/N-ethyl adjacent to an activating group) is 1. The molecule has 3 aromatic rings. The van der Waals surface area contributed by atoms with Crippen molar-refractivity contribution in [1.29, 1.82) is 0 Å². The van der Waals surface area contributed by atoms with E-state index >= 15 is 0 Å². The van der Waals surface area contributed by atoms with E-state index in [0.717, 1.165) is 11.3 Å². The van der Waals surface area contributed by atoms with Gasteiger partial charge < -0.3 is 25.6 Å². The zero-order valence-electron chi connectivity index (χ0n) is 17.1. The molecular formula is C18H24N8O4. The lowest BCUT2D eigenvalue weighted by Crippen LogP contribution is -2.42. The molecule has 4 unspecified atom stereocenters. The Morgan fingerprint density at radius 3 is 2.70 bits per heavy atom. The van der Waals surface area contributed by atoms with Crippen molar-refractivity contribution >= 4 is 22.9 Å². The Labute approximate surface area is 171 Å². The van der Waals surface area contributed by atoms with Gasteiger partial charge >= 0.3 is 0 Å². The SMILES string of the molecule is CCNC(=O)C1OC(n2cnc3c(NC)nc(-c4cnn(C)c4C)nc32)C(O)C1O. The standard InChI is InChI=1S/C18H24N8O4/c1-5-20-17(29)13-11(27)12(28)18(30-13)26-7-21-10-15(19-3)23-14(24-16(10)26)9-6-22-25(4)8(9)2/h6-7,11-13,18,27-28H,5H2,1-4H3,(H,20,29)(H,19,23,24). The third-order valence-electron chi connectivity index (χ3n) is 5.26. The fourth-order valence-electron chi connectivity index (χ4n) is 3.50. The van der Waals surface area contributed by atoms with Crippen LogP contribution in [0.3, 0.4) is 0 Å². The number of aryl methyl sites for hydroxylation is 1. The third-order valence-corrected chi connectivity index (χ3v) is 5.26. The number of aliphatic hydroxyl groups excluding tert-OH is 2. The number of ether oxygens (including phenoxy) is 1. The van der Waals surface area contributed by atoms with Gasteiger partial charge in [0.2, 0.25) is 0 Å². The molecule has 1 fully saturated rings. The van der Waals surface area contributed by atoms with Gasteiger partial charge in [0.05, 0.1) is 18.1 Å². The number of amides is 1. The molecule has 0 radical (unpaired) electrons. The number of carbonyl (C=O) groups is 1. The van der Waals surface area contributed by atoms with Gasteiger partial charge in [-0.25, -0.2) is 15.0 Å². The maximum absolute atomic E-state index is 12.2. The summed E-state index contributed by atoms with van der Waals surface area (Å²) in [7, 11) is 3.54. The van der Waals surface area contributed by atoms with Crippen LogP contribution in [0.4, 0.5) is 5.82 Å². The Hall–Kier alpha value is -3.09. The van der Waals surface area contributed by atoms with E-state index in [1.54, 1.807) is 24.9 Å². The van der Waals surface area contributed by atoms with E-state index in [2.05, 4.69) is 30.7 Å². The number of fused-ring (bicyclic) bond motifs is 1. The molecule has 0 aliphatic carbocycles. The molecule has 12 nitrogen and oxygen atoms in total. The molecule has 3 aromatic heterocycles. The lowest BCUT2D eigenvalue weighted by Gasteiger charge is -2.17. The summed E-state index contributed by atoms with van der Waals surface area (Å²) in [6.07, 6.45) is -1.85. The van der Waals surface area contributed by atoms with Crippen LogP contribution in [0, 0.1) is 6.92 Å². The van der Waals surface area contributed by atoms with Crippen LogP contribution in [0.25, 0.3) is 22.6 Å². The van der Waals surface area contributed by atoms with Crippen molar-refractivity contribution < 1.29 is 19.7 Å². The van der Waals surface area contributed by atoms with Gasteiger partial charge in [0.25, 0.3) is 5.91 Å². The molecule has 1 saturated heterocycles. The van der Waals surface area contributed by atoms with E-state index in [-0.39, 0.29) is 0 Å².